The van der Waals surface area contributed by atoms with E-state index >= 15 is 0 Å². The maximum Gasteiger partial charge on any atom is 0.138 e. The third kappa shape index (κ3) is 6.42. The molecule has 108 valence electrons. The summed E-state index contributed by atoms with van der Waals surface area (Å²) in [6.07, 6.45) is 0. The molecule has 0 amide bonds. The standard InChI is InChI=1S/C13H17Cl2NO.C2H6/c1-8(2)16-7-11(9(3)17)10-4-5-12(14)13(15)6-10;1-2/h4-6,8,11,16H,7H2,1-3H3;1-2H3. The van der Waals surface area contributed by atoms with E-state index in [1.165, 1.54) is 0 Å². The van der Waals surface area contributed by atoms with E-state index in [4.69, 9.17) is 23.2 Å². The average molecular weight is 304 g/mol. The first-order valence-electron chi connectivity index (χ1n) is 6.60. The molecule has 1 rings (SSSR count). The van der Waals surface area contributed by atoms with Crippen molar-refractivity contribution in [2.45, 2.75) is 46.6 Å². The number of carbonyl (C=O) groups is 1. The van der Waals surface area contributed by atoms with E-state index < -0.39 is 0 Å². The summed E-state index contributed by atoms with van der Waals surface area (Å²) in [6, 6.07) is 5.68. The Kier molecular flexibility index (Phi) is 9.07. The van der Waals surface area contributed by atoms with Gasteiger partial charge in [-0.3, -0.25) is 4.79 Å². The molecule has 0 saturated carbocycles. The molecule has 0 aliphatic heterocycles. The molecule has 2 nitrogen and oxygen atoms in total. The Morgan fingerprint density at radius 3 is 2.21 bits per heavy atom. The highest BCUT2D eigenvalue weighted by molar-refractivity contribution is 6.42. The first kappa shape index (κ1) is 18.4. The third-order valence-corrected chi connectivity index (χ3v) is 3.31. The largest absolute Gasteiger partial charge is 0.313 e. The zero-order valence-corrected chi connectivity index (χ0v) is 13.8. The number of carbonyl (C=O) groups excluding carboxylic acids is 1. The topological polar surface area (TPSA) is 29.1 Å². The number of rotatable bonds is 5. The molecule has 0 heterocycles. The second-order valence-corrected chi connectivity index (χ2v) is 5.21. The Labute approximate surface area is 126 Å². The predicted octanol–water partition coefficient (Wildman–Crippen LogP) is 4.69. The number of ketones is 1. The van der Waals surface area contributed by atoms with E-state index in [1.54, 1.807) is 19.1 Å². The van der Waals surface area contributed by atoms with Crippen LogP contribution in [0.4, 0.5) is 0 Å². The highest BCUT2D eigenvalue weighted by atomic mass is 35.5. The van der Waals surface area contributed by atoms with Gasteiger partial charge in [0.25, 0.3) is 0 Å². The smallest absolute Gasteiger partial charge is 0.138 e. The van der Waals surface area contributed by atoms with Crippen LogP contribution in [0.15, 0.2) is 18.2 Å². The van der Waals surface area contributed by atoms with Gasteiger partial charge in [0.05, 0.1) is 16.0 Å². The van der Waals surface area contributed by atoms with E-state index in [2.05, 4.69) is 5.32 Å². The predicted molar refractivity (Wildman–Crippen MR) is 84.4 cm³/mol. The maximum absolute atomic E-state index is 11.6. The quantitative estimate of drug-likeness (QED) is 0.855. The van der Waals surface area contributed by atoms with Gasteiger partial charge < -0.3 is 5.32 Å². The lowest BCUT2D eigenvalue weighted by molar-refractivity contribution is -0.118. The fraction of sp³-hybridized carbons (Fsp3) is 0.533. The van der Waals surface area contributed by atoms with Gasteiger partial charge in [-0.2, -0.15) is 0 Å². The second-order valence-electron chi connectivity index (χ2n) is 4.40. The van der Waals surface area contributed by atoms with Crippen LogP contribution >= 0.6 is 23.2 Å². The van der Waals surface area contributed by atoms with Crippen molar-refractivity contribution in [2.24, 2.45) is 0 Å². The number of Topliss-reactive ketones (excluding diaryl/α,β-unsaturated/α-hetero) is 1. The summed E-state index contributed by atoms with van der Waals surface area (Å²) in [4.78, 5) is 11.6. The number of hydrogen-bond donors (Lipinski definition) is 1. The van der Waals surface area contributed by atoms with Crippen molar-refractivity contribution >= 4 is 29.0 Å². The summed E-state index contributed by atoms with van der Waals surface area (Å²) in [7, 11) is 0. The van der Waals surface area contributed by atoms with Gasteiger partial charge in [-0.15, -0.1) is 0 Å². The van der Waals surface area contributed by atoms with Gasteiger partial charge in [0, 0.05) is 12.6 Å². The Bertz CT molecular complexity index is 405. The number of benzene rings is 1. The van der Waals surface area contributed by atoms with Crippen molar-refractivity contribution in [2.75, 3.05) is 6.54 Å². The molecule has 0 bridgehead atoms. The maximum atomic E-state index is 11.6. The van der Waals surface area contributed by atoms with E-state index in [0.717, 1.165) is 5.56 Å². The molecule has 0 spiro atoms. The number of halogens is 2. The molecule has 0 radical (unpaired) electrons. The monoisotopic (exact) mass is 303 g/mol. The van der Waals surface area contributed by atoms with E-state index in [1.807, 2.05) is 33.8 Å². The minimum Gasteiger partial charge on any atom is -0.313 e. The van der Waals surface area contributed by atoms with E-state index in [9.17, 15) is 4.79 Å². The van der Waals surface area contributed by atoms with Crippen molar-refractivity contribution in [3.8, 4) is 0 Å². The lowest BCUT2D eigenvalue weighted by atomic mass is 9.95. The fourth-order valence-corrected chi connectivity index (χ4v) is 1.89. The van der Waals surface area contributed by atoms with Gasteiger partial charge in [-0.1, -0.05) is 57.0 Å². The van der Waals surface area contributed by atoms with Crippen LogP contribution in [0.2, 0.25) is 10.0 Å². The molecular formula is C15H23Cl2NO. The molecule has 19 heavy (non-hydrogen) atoms. The SMILES string of the molecule is CC.CC(=O)C(CNC(C)C)c1ccc(Cl)c(Cl)c1. The van der Waals surface area contributed by atoms with Crippen molar-refractivity contribution < 1.29 is 4.79 Å². The molecule has 0 saturated heterocycles. The van der Waals surface area contributed by atoms with E-state index in [0.29, 0.717) is 22.6 Å². The molecule has 1 aromatic rings. The zero-order valence-electron chi connectivity index (χ0n) is 12.3. The Morgan fingerprint density at radius 2 is 1.79 bits per heavy atom. The second kappa shape index (κ2) is 9.35. The number of nitrogens with one attached hydrogen (secondary N) is 1. The molecule has 0 aliphatic rings. The van der Waals surface area contributed by atoms with Crippen LogP contribution in [-0.2, 0) is 4.79 Å². The molecule has 0 aromatic heterocycles. The van der Waals surface area contributed by atoms with Crippen molar-refractivity contribution in [3.63, 3.8) is 0 Å². The van der Waals surface area contributed by atoms with Crippen LogP contribution in [0, 0.1) is 0 Å². The first-order valence-corrected chi connectivity index (χ1v) is 7.36. The van der Waals surface area contributed by atoms with Gasteiger partial charge in [0.15, 0.2) is 0 Å². The summed E-state index contributed by atoms with van der Waals surface area (Å²) >= 11 is 11.8. The zero-order chi connectivity index (χ0) is 15.0. The Hall–Kier alpha value is -0.570. The van der Waals surface area contributed by atoms with Crippen LogP contribution in [0.25, 0.3) is 0 Å². The molecule has 1 aromatic carbocycles. The highest BCUT2D eigenvalue weighted by Crippen LogP contribution is 2.26. The van der Waals surface area contributed by atoms with Gasteiger partial charge in [0.2, 0.25) is 0 Å². The van der Waals surface area contributed by atoms with Gasteiger partial charge in [-0.05, 0) is 24.6 Å². The summed E-state index contributed by atoms with van der Waals surface area (Å²) in [5, 5.41) is 4.26. The molecule has 0 fully saturated rings. The van der Waals surface area contributed by atoms with Crippen molar-refractivity contribution in [3.05, 3.63) is 33.8 Å². The molecule has 4 heteroatoms. The van der Waals surface area contributed by atoms with Crippen LogP contribution < -0.4 is 5.32 Å². The van der Waals surface area contributed by atoms with Crippen molar-refractivity contribution in [1.82, 2.24) is 5.32 Å². The molecule has 1 unspecified atom stereocenters. The number of hydrogen-bond acceptors (Lipinski definition) is 2. The highest BCUT2D eigenvalue weighted by Gasteiger charge is 2.17. The molecule has 1 atom stereocenters. The molecule has 1 N–H and O–H groups in total. The van der Waals surface area contributed by atoms with Gasteiger partial charge in [-0.25, -0.2) is 0 Å². The Balaban J connectivity index is 0.00000154. The van der Waals surface area contributed by atoms with Crippen LogP contribution in [0.3, 0.4) is 0 Å². The lowest BCUT2D eigenvalue weighted by Gasteiger charge is -2.17. The summed E-state index contributed by atoms with van der Waals surface area (Å²) in [5.41, 5.74) is 0.903. The average Bonchev–Trinajstić information content (AvgIpc) is 2.35. The van der Waals surface area contributed by atoms with E-state index in [-0.39, 0.29) is 11.7 Å². The van der Waals surface area contributed by atoms with Gasteiger partial charge >= 0.3 is 0 Å². The molecule has 0 aliphatic carbocycles. The summed E-state index contributed by atoms with van der Waals surface area (Å²) in [6.45, 7) is 10.3. The summed E-state index contributed by atoms with van der Waals surface area (Å²) < 4.78 is 0. The lowest BCUT2D eigenvalue weighted by Crippen LogP contribution is -2.30. The van der Waals surface area contributed by atoms with Crippen LogP contribution in [0.1, 0.15) is 46.1 Å². The Morgan fingerprint density at radius 1 is 1.21 bits per heavy atom. The van der Waals surface area contributed by atoms with Gasteiger partial charge in [0.1, 0.15) is 5.78 Å². The normalized spacial score (nSPS) is 11.8. The molecular weight excluding hydrogens is 281 g/mol. The fourth-order valence-electron chi connectivity index (χ4n) is 1.58. The summed E-state index contributed by atoms with van der Waals surface area (Å²) in [5.74, 6) is -0.0521. The minimum absolute atomic E-state index is 0.122. The third-order valence-electron chi connectivity index (χ3n) is 2.57. The van der Waals surface area contributed by atoms with Crippen LogP contribution in [-0.4, -0.2) is 18.4 Å². The first-order chi connectivity index (χ1) is 8.91. The van der Waals surface area contributed by atoms with Crippen LogP contribution in [0.5, 0.6) is 0 Å². The minimum atomic E-state index is -0.174. The van der Waals surface area contributed by atoms with Crippen molar-refractivity contribution in [1.29, 1.82) is 0 Å².